The Balaban J connectivity index is 2.68. The van der Waals surface area contributed by atoms with Gasteiger partial charge in [-0.05, 0) is 25.1 Å². The van der Waals surface area contributed by atoms with Crippen molar-refractivity contribution < 1.29 is 0 Å². The Morgan fingerprint density at radius 1 is 1.33 bits per heavy atom. The zero-order valence-electron chi connectivity index (χ0n) is 8.94. The summed E-state index contributed by atoms with van der Waals surface area (Å²) in [5.41, 5.74) is 7.42. The van der Waals surface area contributed by atoms with Crippen LogP contribution in [0.1, 0.15) is 6.92 Å². The Bertz CT molecular complexity index is 481. The van der Waals surface area contributed by atoms with E-state index < -0.39 is 0 Å². The van der Waals surface area contributed by atoms with Gasteiger partial charge < -0.3 is 10.6 Å². The Labute approximate surface area is 88.7 Å². The summed E-state index contributed by atoms with van der Waals surface area (Å²) < 4.78 is 0. The van der Waals surface area contributed by atoms with E-state index in [-0.39, 0.29) is 0 Å². The zero-order chi connectivity index (χ0) is 10.8. The molecule has 0 spiro atoms. The fraction of sp³-hybridized carbons (Fsp3) is 0.273. The molecule has 4 nitrogen and oxygen atoms in total. The van der Waals surface area contributed by atoms with Crippen molar-refractivity contribution in [1.29, 1.82) is 0 Å². The van der Waals surface area contributed by atoms with E-state index in [4.69, 9.17) is 5.73 Å². The summed E-state index contributed by atoms with van der Waals surface area (Å²) in [5, 5.41) is 1.00. The standard InChI is InChI=1S/C11H14N4/c1-3-15(2)11-9-6-8(12)4-5-10(9)13-7-14-11/h4-7H,3,12H2,1-2H3. The predicted molar refractivity (Wildman–Crippen MR) is 62.9 cm³/mol. The van der Waals surface area contributed by atoms with Crippen LogP contribution in [0.15, 0.2) is 24.5 Å². The largest absolute Gasteiger partial charge is 0.399 e. The normalized spacial score (nSPS) is 10.5. The maximum atomic E-state index is 5.76. The van der Waals surface area contributed by atoms with Gasteiger partial charge in [-0.1, -0.05) is 0 Å². The molecule has 0 saturated carbocycles. The van der Waals surface area contributed by atoms with Gasteiger partial charge in [0.05, 0.1) is 5.52 Å². The third kappa shape index (κ3) is 1.70. The smallest absolute Gasteiger partial charge is 0.139 e. The van der Waals surface area contributed by atoms with Gasteiger partial charge in [-0.2, -0.15) is 0 Å². The lowest BCUT2D eigenvalue weighted by Crippen LogP contribution is -2.17. The van der Waals surface area contributed by atoms with Crippen molar-refractivity contribution in [1.82, 2.24) is 9.97 Å². The average molecular weight is 202 g/mol. The number of nitrogens with zero attached hydrogens (tertiary/aromatic N) is 3. The molecule has 0 radical (unpaired) electrons. The van der Waals surface area contributed by atoms with Crippen LogP contribution >= 0.6 is 0 Å². The number of nitrogen functional groups attached to an aromatic ring is 1. The summed E-state index contributed by atoms with van der Waals surface area (Å²) in [6.45, 7) is 2.99. The van der Waals surface area contributed by atoms with Crippen molar-refractivity contribution in [3.63, 3.8) is 0 Å². The molecule has 0 aliphatic rings. The molecule has 2 aromatic rings. The topological polar surface area (TPSA) is 55.0 Å². The van der Waals surface area contributed by atoms with E-state index in [2.05, 4.69) is 21.8 Å². The Morgan fingerprint density at radius 2 is 2.13 bits per heavy atom. The van der Waals surface area contributed by atoms with E-state index in [1.54, 1.807) is 6.33 Å². The van der Waals surface area contributed by atoms with Crippen LogP contribution < -0.4 is 10.6 Å². The third-order valence-electron chi connectivity index (χ3n) is 2.47. The van der Waals surface area contributed by atoms with Gasteiger partial charge >= 0.3 is 0 Å². The number of benzene rings is 1. The molecule has 0 amide bonds. The number of hydrogen-bond acceptors (Lipinski definition) is 4. The molecule has 1 aromatic carbocycles. The average Bonchev–Trinajstić information content (AvgIpc) is 2.27. The van der Waals surface area contributed by atoms with Crippen LogP contribution in [0.25, 0.3) is 10.9 Å². The summed E-state index contributed by atoms with van der Waals surface area (Å²) in [6, 6.07) is 5.68. The number of nitrogens with two attached hydrogens (primary N) is 1. The molecule has 0 saturated heterocycles. The van der Waals surface area contributed by atoms with Crippen LogP contribution in [0.4, 0.5) is 11.5 Å². The molecular weight excluding hydrogens is 188 g/mol. The molecule has 0 aliphatic carbocycles. The fourth-order valence-corrected chi connectivity index (χ4v) is 1.51. The molecule has 4 heteroatoms. The van der Waals surface area contributed by atoms with Gasteiger partial charge in [0.15, 0.2) is 0 Å². The first-order valence-corrected chi connectivity index (χ1v) is 4.93. The van der Waals surface area contributed by atoms with Crippen LogP contribution in [0, 0.1) is 0 Å². The Hall–Kier alpha value is -1.84. The van der Waals surface area contributed by atoms with Crippen molar-refractivity contribution in [3.8, 4) is 0 Å². The quantitative estimate of drug-likeness (QED) is 0.752. The summed E-state index contributed by atoms with van der Waals surface area (Å²) in [4.78, 5) is 10.6. The van der Waals surface area contributed by atoms with E-state index in [9.17, 15) is 0 Å². The SMILES string of the molecule is CCN(C)c1ncnc2ccc(N)cc12. The highest BCUT2D eigenvalue weighted by atomic mass is 15.2. The maximum Gasteiger partial charge on any atom is 0.139 e. The molecule has 0 unspecified atom stereocenters. The van der Waals surface area contributed by atoms with E-state index in [0.29, 0.717) is 0 Å². The molecule has 0 atom stereocenters. The molecule has 15 heavy (non-hydrogen) atoms. The minimum Gasteiger partial charge on any atom is -0.399 e. The van der Waals surface area contributed by atoms with Gasteiger partial charge in [0.1, 0.15) is 12.1 Å². The lowest BCUT2D eigenvalue weighted by Gasteiger charge is -2.17. The van der Waals surface area contributed by atoms with Gasteiger partial charge in [-0.25, -0.2) is 9.97 Å². The Morgan fingerprint density at radius 3 is 2.87 bits per heavy atom. The van der Waals surface area contributed by atoms with Crippen LogP contribution in [0.3, 0.4) is 0 Å². The second kappa shape index (κ2) is 3.73. The van der Waals surface area contributed by atoms with E-state index in [1.807, 2.05) is 25.2 Å². The highest BCUT2D eigenvalue weighted by Crippen LogP contribution is 2.23. The van der Waals surface area contributed by atoms with Crippen molar-refractivity contribution in [2.75, 3.05) is 24.2 Å². The van der Waals surface area contributed by atoms with Gasteiger partial charge in [-0.3, -0.25) is 0 Å². The summed E-state index contributed by atoms with van der Waals surface area (Å²) in [6.07, 6.45) is 1.58. The van der Waals surface area contributed by atoms with E-state index in [1.165, 1.54) is 0 Å². The van der Waals surface area contributed by atoms with Crippen molar-refractivity contribution in [3.05, 3.63) is 24.5 Å². The zero-order valence-corrected chi connectivity index (χ0v) is 8.94. The number of fused-ring (bicyclic) bond motifs is 1. The third-order valence-corrected chi connectivity index (χ3v) is 2.47. The van der Waals surface area contributed by atoms with Gasteiger partial charge in [0.25, 0.3) is 0 Å². The predicted octanol–water partition coefficient (Wildman–Crippen LogP) is 1.67. The monoisotopic (exact) mass is 202 g/mol. The minimum atomic E-state index is 0.739. The van der Waals surface area contributed by atoms with Crippen LogP contribution in [0.5, 0.6) is 0 Å². The van der Waals surface area contributed by atoms with E-state index >= 15 is 0 Å². The molecule has 0 bridgehead atoms. The molecule has 0 aliphatic heterocycles. The molecule has 78 valence electrons. The van der Waals surface area contributed by atoms with Crippen LogP contribution in [-0.4, -0.2) is 23.6 Å². The second-order valence-corrected chi connectivity index (χ2v) is 3.49. The van der Waals surface area contributed by atoms with Gasteiger partial charge in [0.2, 0.25) is 0 Å². The molecule has 0 fully saturated rings. The highest BCUT2D eigenvalue weighted by molar-refractivity contribution is 5.91. The first-order valence-electron chi connectivity index (χ1n) is 4.93. The second-order valence-electron chi connectivity index (χ2n) is 3.49. The molecule has 2 rings (SSSR count). The lowest BCUT2D eigenvalue weighted by atomic mass is 10.2. The van der Waals surface area contributed by atoms with Crippen LogP contribution in [-0.2, 0) is 0 Å². The van der Waals surface area contributed by atoms with Gasteiger partial charge in [0, 0.05) is 24.7 Å². The lowest BCUT2D eigenvalue weighted by molar-refractivity contribution is 0.940. The van der Waals surface area contributed by atoms with Gasteiger partial charge in [-0.15, -0.1) is 0 Å². The maximum absolute atomic E-state index is 5.76. The highest BCUT2D eigenvalue weighted by Gasteiger charge is 2.06. The molecule has 2 N–H and O–H groups in total. The first kappa shape index (κ1) is 9.71. The summed E-state index contributed by atoms with van der Waals surface area (Å²) in [7, 11) is 2.00. The van der Waals surface area contributed by atoms with Crippen LogP contribution in [0.2, 0.25) is 0 Å². The van der Waals surface area contributed by atoms with Crippen molar-refractivity contribution in [2.45, 2.75) is 6.92 Å². The minimum absolute atomic E-state index is 0.739. The molecular formula is C11H14N4. The number of rotatable bonds is 2. The summed E-state index contributed by atoms with van der Waals surface area (Å²) >= 11 is 0. The number of anilines is 2. The fourth-order valence-electron chi connectivity index (χ4n) is 1.51. The van der Waals surface area contributed by atoms with E-state index in [0.717, 1.165) is 29.0 Å². The number of aromatic nitrogens is 2. The number of hydrogen-bond donors (Lipinski definition) is 1. The molecule has 1 heterocycles. The first-order chi connectivity index (χ1) is 7.22. The van der Waals surface area contributed by atoms with Crippen molar-refractivity contribution in [2.24, 2.45) is 0 Å². The Kier molecular flexibility index (Phi) is 2.41. The van der Waals surface area contributed by atoms with Crippen molar-refractivity contribution >= 4 is 22.4 Å². The summed E-state index contributed by atoms with van der Waals surface area (Å²) in [5.74, 6) is 0.926. The molecule has 1 aromatic heterocycles.